The second kappa shape index (κ2) is 4.30. The summed E-state index contributed by atoms with van der Waals surface area (Å²) in [5.74, 6) is 0.389. The summed E-state index contributed by atoms with van der Waals surface area (Å²) in [6, 6.07) is 0.453. The van der Waals surface area contributed by atoms with Gasteiger partial charge < -0.3 is 10.4 Å². The zero-order valence-electron chi connectivity index (χ0n) is 8.54. The van der Waals surface area contributed by atoms with Crippen LogP contribution in [0, 0.1) is 5.92 Å². The number of aliphatic hydroxyl groups is 1. The molecule has 2 N–H and O–H groups in total. The van der Waals surface area contributed by atoms with Gasteiger partial charge in [-0.1, -0.05) is 0 Å². The number of hydrogen-bond donors (Lipinski definition) is 2. The molecule has 3 nitrogen and oxygen atoms in total. The summed E-state index contributed by atoms with van der Waals surface area (Å²) in [5, 5.41) is 12.4. The Balaban J connectivity index is 1.74. The maximum atomic E-state index is 11.7. The summed E-state index contributed by atoms with van der Waals surface area (Å²) in [6.07, 6.45) is 6.71. The smallest absolute Gasteiger partial charge is 0.223 e. The first kappa shape index (κ1) is 9.97. The van der Waals surface area contributed by atoms with Crippen molar-refractivity contribution in [1.29, 1.82) is 0 Å². The number of carbonyl (C=O) groups is 1. The molecule has 0 heterocycles. The lowest BCUT2D eigenvalue weighted by molar-refractivity contribution is -0.127. The fourth-order valence-corrected chi connectivity index (χ4v) is 2.21. The molecule has 0 bridgehead atoms. The average molecular weight is 197 g/mol. The Labute approximate surface area is 84.9 Å². The van der Waals surface area contributed by atoms with Gasteiger partial charge in [0, 0.05) is 12.0 Å². The normalized spacial score (nSPS) is 33.5. The van der Waals surface area contributed by atoms with Crippen molar-refractivity contribution in [2.45, 2.75) is 57.1 Å². The topological polar surface area (TPSA) is 49.3 Å². The molecule has 14 heavy (non-hydrogen) atoms. The van der Waals surface area contributed by atoms with Crippen LogP contribution >= 0.6 is 0 Å². The molecule has 0 atom stereocenters. The Hall–Kier alpha value is -0.570. The summed E-state index contributed by atoms with van der Waals surface area (Å²) in [5.41, 5.74) is 0. The summed E-state index contributed by atoms with van der Waals surface area (Å²) in [6.45, 7) is 0. The molecular weight excluding hydrogens is 178 g/mol. The third-order valence-corrected chi connectivity index (χ3v) is 3.52. The monoisotopic (exact) mass is 197 g/mol. The van der Waals surface area contributed by atoms with E-state index in [0.717, 1.165) is 38.5 Å². The van der Waals surface area contributed by atoms with Gasteiger partial charge in [0.2, 0.25) is 5.91 Å². The average Bonchev–Trinajstić information content (AvgIpc) is 2.12. The van der Waals surface area contributed by atoms with E-state index in [2.05, 4.69) is 5.32 Å². The van der Waals surface area contributed by atoms with Crippen LogP contribution in [0.15, 0.2) is 0 Å². The summed E-state index contributed by atoms with van der Waals surface area (Å²) >= 11 is 0. The SMILES string of the molecule is O=C(NC1CCC1)C1CCC(O)CC1. The minimum Gasteiger partial charge on any atom is -0.393 e. The zero-order chi connectivity index (χ0) is 9.97. The van der Waals surface area contributed by atoms with Gasteiger partial charge >= 0.3 is 0 Å². The van der Waals surface area contributed by atoms with Crippen molar-refractivity contribution in [1.82, 2.24) is 5.32 Å². The highest BCUT2D eigenvalue weighted by atomic mass is 16.3. The van der Waals surface area contributed by atoms with Gasteiger partial charge in [-0.05, 0) is 44.9 Å². The van der Waals surface area contributed by atoms with E-state index in [9.17, 15) is 9.90 Å². The minimum atomic E-state index is -0.164. The van der Waals surface area contributed by atoms with Crippen LogP contribution in [0.4, 0.5) is 0 Å². The lowest BCUT2D eigenvalue weighted by atomic mass is 9.85. The molecule has 80 valence electrons. The van der Waals surface area contributed by atoms with E-state index in [-0.39, 0.29) is 17.9 Å². The van der Waals surface area contributed by atoms with Crippen LogP contribution in [-0.4, -0.2) is 23.2 Å². The summed E-state index contributed by atoms with van der Waals surface area (Å²) in [4.78, 5) is 11.7. The van der Waals surface area contributed by atoms with E-state index < -0.39 is 0 Å². The number of aliphatic hydroxyl groups excluding tert-OH is 1. The third-order valence-electron chi connectivity index (χ3n) is 3.52. The van der Waals surface area contributed by atoms with Crippen molar-refractivity contribution in [3.05, 3.63) is 0 Å². The first-order chi connectivity index (χ1) is 6.75. The highest BCUT2D eigenvalue weighted by Gasteiger charge is 2.28. The largest absolute Gasteiger partial charge is 0.393 e. The van der Waals surface area contributed by atoms with Crippen molar-refractivity contribution < 1.29 is 9.90 Å². The van der Waals surface area contributed by atoms with Crippen molar-refractivity contribution >= 4 is 5.91 Å². The molecule has 0 aromatic heterocycles. The van der Waals surface area contributed by atoms with Crippen LogP contribution in [0.5, 0.6) is 0 Å². The number of carbonyl (C=O) groups excluding carboxylic acids is 1. The zero-order valence-corrected chi connectivity index (χ0v) is 8.54. The van der Waals surface area contributed by atoms with E-state index in [1.165, 1.54) is 6.42 Å². The summed E-state index contributed by atoms with van der Waals surface area (Å²) < 4.78 is 0. The molecular formula is C11H19NO2. The predicted molar refractivity (Wildman–Crippen MR) is 53.7 cm³/mol. The van der Waals surface area contributed by atoms with E-state index in [1.807, 2.05) is 0 Å². The molecule has 2 saturated carbocycles. The summed E-state index contributed by atoms with van der Waals surface area (Å²) in [7, 11) is 0. The molecule has 0 aromatic carbocycles. The Morgan fingerprint density at radius 1 is 1.07 bits per heavy atom. The Bertz CT molecular complexity index is 205. The van der Waals surface area contributed by atoms with E-state index in [4.69, 9.17) is 0 Å². The fourth-order valence-electron chi connectivity index (χ4n) is 2.21. The molecule has 0 radical (unpaired) electrons. The van der Waals surface area contributed by atoms with E-state index >= 15 is 0 Å². The first-order valence-corrected chi connectivity index (χ1v) is 5.74. The van der Waals surface area contributed by atoms with Gasteiger partial charge in [-0.25, -0.2) is 0 Å². The van der Waals surface area contributed by atoms with E-state index in [0.29, 0.717) is 6.04 Å². The predicted octanol–water partition coefficient (Wildman–Crippen LogP) is 1.21. The molecule has 3 heteroatoms. The van der Waals surface area contributed by atoms with Gasteiger partial charge in [-0.15, -0.1) is 0 Å². The van der Waals surface area contributed by atoms with Gasteiger partial charge in [-0.2, -0.15) is 0 Å². The van der Waals surface area contributed by atoms with Gasteiger partial charge in [0.1, 0.15) is 0 Å². The molecule has 0 spiro atoms. The highest BCUT2D eigenvalue weighted by molar-refractivity contribution is 5.79. The van der Waals surface area contributed by atoms with Crippen molar-refractivity contribution in [2.24, 2.45) is 5.92 Å². The van der Waals surface area contributed by atoms with Crippen molar-refractivity contribution in [3.63, 3.8) is 0 Å². The first-order valence-electron chi connectivity index (χ1n) is 5.74. The number of nitrogens with one attached hydrogen (secondary N) is 1. The second-order valence-corrected chi connectivity index (χ2v) is 4.64. The van der Waals surface area contributed by atoms with Gasteiger partial charge in [-0.3, -0.25) is 4.79 Å². The van der Waals surface area contributed by atoms with Crippen LogP contribution < -0.4 is 5.32 Å². The number of amides is 1. The van der Waals surface area contributed by atoms with Crippen molar-refractivity contribution in [2.75, 3.05) is 0 Å². The van der Waals surface area contributed by atoms with Crippen molar-refractivity contribution in [3.8, 4) is 0 Å². The molecule has 1 amide bonds. The van der Waals surface area contributed by atoms with Crippen LogP contribution in [0.1, 0.15) is 44.9 Å². The standard InChI is InChI=1S/C11H19NO2/c13-10-6-4-8(5-7-10)11(14)12-9-2-1-3-9/h8-10,13H,1-7H2,(H,12,14). The molecule has 2 aliphatic rings. The Morgan fingerprint density at radius 3 is 2.21 bits per heavy atom. The van der Waals surface area contributed by atoms with E-state index in [1.54, 1.807) is 0 Å². The Morgan fingerprint density at radius 2 is 1.71 bits per heavy atom. The Kier molecular flexibility index (Phi) is 3.06. The maximum absolute atomic E-state index is 11.7. The molecule has 0 saturated heterocycles. The lowest BCUT2D eigenvalue weighted by Gasteiger charge is -2.30. The van der Waals surface area contributed by atoms with Crippen LogP contribution in [-0.2, 0) is 4.79 Å². The number of hydrogen-bond acceptors (Lipinski definition) is 2. The fraction of sp³-hybridized carbons (Fsp3) is 0.909. The quantitative estimate of drug-likeness (QED) is 0.699. The maximum Gasteiger partial charge on any atom is 0.223 e. The minimum absolute atomic E-state index is 0.164. The van der Waals surface area contributed by atoms with Gasteiger partial charge in [0.25, 0.3) is 0 Å². The molecule has 0 aliphatic heterocycles. The van der Waals surface area contributed by atoms with Crippen LogP contribution in [0.3, 0.4) is 0 Å². The molecule has 0 aromatic rings. The molecule has 0 unspecified atom stereocenters. The highest BCUT2D eigenvalue weighted by Crippen LogP contribution is 2.25. The second-order valence-electron chi connectivity index (χ2n) is 4.64. The molecule has 2 fully saturated rings. The molecule has 2 rings (SSSR count). The molecule has 2 aliphatic carbocycles. The van der Waals surface area contributed by atoms with Crippen LogP contribution in [0.2, 0.25) is 0 Å². The van der Waals surface area contributed by atoms with Gasteiger partial charge in [0.15, 0.2) is 0 Å². The third kappa shape index (κ3) is 2.27. The number of rotatable bonds is 2. The lowest BCUT2D eigenvalue weighted by Crippen LogP contribution is -2.43. The van der Waals surface area contributed by atoms with Crippen LogP contribution in [0.25, 0.3) is 0 Å². The van der Waals surface area contributed by atoms with Gasteiger partial charge in [0.05, 0.1) is 6.10 Å².